The van der Waals surface area contributed by atoms with E-state index < -0.39 is 12.9 Å². The van der Waals surface area contributed by atoms with Gasteiger partial charge in [0, 0.05) is 6.00 Å². The molecule has 0 heterocycles. The Morgan fingerprint density at radius 1 is 1.64 bits per heavy atom. The molecule has 66 valence electrons. The van der Waals surface area contributed by atoms with Gasteiger partial charge in [0.2, 0.25) is 0 Å². The molecule has 0 amide bonds. The average molecular weight is 180 g/mol. The van der Waals surface area contributed by atoms with Gasteiger partial charge >= 0.3 is 7.60 Å². The third kappa shape index (κ3) is 3.38. The van der Waals surface area contributed by atoms with Crippen molar-refractivity contribution in [1.29, 1.82) is 0 Å². The highest BCUT2D eigenvalue weighted by Gasteiger charge is 2.39. The fraction of sp³-hybridized carbons (Fsp3) is 1.00. The zero-order chi connectivity index (χ0) is 9.28. The zero-order valence-corrected chi connectivity index (χ0v) is 8.13. The molecule has 11 heavy (non-hydrogen) atoms. The Balaban J connectivity index is 4.36. The lowest BCUT2D eigenvalue weighted by molar-refractivity contribution is 0.106. The highest BCUT2D eigenvalue weighted by molar-refractivity contribution is 7.54. The lowest BCUT2D eigenvalue weighted by atomic mass is 10.0. The van der Waals surface area contributed by atoms with Crippen LogP contribution < -0.4 is 0 Å². The van der Waals surface area contributed by atoms with E-state index in [0.717, 1.165) is 0 Å². The molecule has 0 aliphatic heterocycles. The van der Waals surface area contributed by atoms with E-state index in [1.165, 1.54) is 13.8 Å². The Hall–Kier alpha value is 0.175. The van der Waals surface area contributed by atoms with Gasteiger partial charge in [0.05, 0.1) is 0 Å². The van der Waals surface area contributed by atoms with Crippen molar-refractivity contribution in [3.63, 3.8) is 0 Å². The molecule has 0 aromatic carbocycles. The van der Waals surface area contributed by atoms with Gasteiger partial charge in [-0.2, -0.15) is 0 Å². The van der Waals surface area contributed by atoms with Crippen LogP contribution in [0.1, 0.15) is 20.8 Å². The van der Waals surface area contributed by atoms with Crippen molar-refractivity contribution in [1.82, 2.24) is 0 Å². The minimum absolute atomic E-state index is 0.364. The van der Waals surface area contributed by atoms with Crippen LogP contribution in [0.2, 0.25) is 0 Å². The van der Waals surface area contributed by atoms with Crippen LogP contribution in [0.5, 0.6) is 0 Å². The summed E-state index contributed by atoms with van der Waals surface area (Å²) in [7, 11) is -2.24. The predicted molar refractivity (Wildman–Crippen MR) is 45.2 cm³/mol. The van der Waals surface area contributed by atoms with Gasteiger partial charge in [-0.05, 0) is 20.8 Å². The number of hydrogen-bond donors (Lipinski definition) is 2. The molecule has 0 saturated heterocycles. The highest BCUT2D eigenvalue weighted by atomic mass is 31.2. The summed E-state index contributed by atoms with van der Waals surface area (Å²) in [4.78, 5) is 9.10. The summed E-state index contributed by atoms with van der Waals surface area (Å²) in [6.07, 6.45) is 0. The molecule has 0 aromatic rings. The van der Waals surface area contributed by atoms with Crippen molar-refractivity contribution < 1.29 is 19.1 Å². The first kappa shape index (κ1) is 11.2. The summed E-state index contributed by atoms with van der Waals surface area (Å²) >= 11 is 0. The Labute approximate surface area is 67.5 Å². The topological polar surface area (TPSA) is 66.8 Å². The molecule has 2 N–H and O–H groups in total. The van der Waals surface area contributed by atoms with Gasteiger partial charge in [-0.25, -0.2) is 0 Å². The van der Waals surface area contributed by atoms with Crippen molar-refractivity contribution in [3.05, 3.63) is 0 Å². The van der Waals surface area contributed by atoms with Crippen molar-refractivity contribution in [2.75, 3.05) is 0 Å². The van der Waals surface area contributed by atoms with E-state index in [9.17, 15) is 4.57 Å². The molecule has 0 fully saturated rings. The first-order valence-electron chi connectivity index (χ1n) is 3.40. The zero-order valence-electron chi connectivity index (χ0n) is 7.24. The molecule has 0 aromatic heterocycles. The van der Waals surface area contributed by atoms with Crippen molar-refractivity contribution >= 4 is 15.4 Å². The van der Waals surface area contributed by atoms with Gasteiger partial charge in [0.1, 0.15) is 7.85 Å². The van der Waals surface area contributed by atoms with Crippen LogP contribution in [0.15, 0.2) is 0 Å². The second-order valence-electron chi connectivity index (χ2n) is 3.17. The summed E-state index contributed by atoms with van der Waals surface area (Å²) < 4.78 is 15.8. The van der Waals surface area contributed by atoms with Crippen LogP contribution in [-0.4, -0.2) is 29.2 Å². The maximum absolute atomic E-state index is 11.1. The van der Waals surface area contributed by atoms with E-state index in [0.29, 0.717) is 0 Å². The van der Waals surface area contributed by atoms with Gasteiger partial charge in [-0.1, -0.05) is 0 Å². The van der Waals surface area contributed by atoms with Crippen LogP contribution in [0.3, 0.4) is 0 Å². The molecule has 6 heteroatoms. The second kappa shape index (κ2) is 3.27. The molecule has 0 radical (unpaired) electrons. The molecule has 4 nitrogen and oxygen atoms in total. The summed E-state index contributed by atoms with van der Waals surface area (Å²) in [5, 5.41) is 7.47. The van der Waals surface area contributed by atoms with Gasteiger partial charge in [0.15, 0.2) is 5.34 Å². The van der Waals surface area contributed by atoms with Gasteiger partial charge < -0.3 is 14.5 Å². The third-order valence-electron chi connectivity index (χ3n) is 1.05. The van der Waals surface area contributed by atoms with E-state index in [1.54, 1.807) is 14.8 Å². The fourth-order valence-electron chi connectivity index (χ4n) is 0.415. The van der Waals surface area contributed by atoms with Gasteiger partial charge in [-0.3, -0.25) is 4.57 Å². The van der Waals surface area contributed by atoms with Crippen molar-refractivity contribution in [3.8, 4) is 0 Å². The summed E-state index contributed by atoms with van der Waals surface area (Å²) in [6, 6.07) is -0.364. The molecule has 0 aliphatic rings. The van der Waals surface area contributed by atoms with Crippen LogP contribution in [0, 0.1) is 0 Å². The highest BCUT2D eigenvalue weighted by Crippen LogP contribution is 2.53. The Morgan fingerprint density at radius 3 is 2.09 bits per heavy atom. The molecule has 0 bridgehead atoms. The molecule has 0 spiro atoms. The van der Waals surface area contributed by atoms with Crippen LogP contribution in [0.25, 0.3) is 0 Å². The first-order chi connectivity index (χ1) is 4.67. The van der Waals surface area contributed by atoms with E-state index in [-0.39, 0.29) is 6.00 Å². The third-order valence-corrected chi connectivity index (χ3v) is 3.14. The predicted octanol–water partition coefficient (Wildman–Crippen LogP) is -0.104. The number of rotatable bonds is 3. The molecular formula is C5H14BO4P. The molecule has 0 rings (SSSR count). The minimum Gasteiger partial charge on any atom is -0.378 e. The van der Waals surface area contributed by atoms with Gasteiger partial charge in [0.25, 0.3) is 0 Å². The SMILES string of the molecule is BC(C)OP(=O)(O)C(C)(C)O. The Bertz CT molecular complexity index is 174. The Morgan fingerprint density at radius 2 is 2.00 bits per heavy atom. The lowest BCUT2D eigenvalue weighted by Gasteiger charge is -2.25. The maximum Gasteiger partial charge on any atom is 0.358 e. The summed E-state index contributed by atoms with van der Waals surface area (Å²) in [5.74, 6) is 0. The largest absolute Gasteiger partial charge is 0.378 e. The second-order valence-corrected chi connectivity index (χ2v) is 5.52. The average Bonchev–Trinajstić information content (AvgIpc) is 1.56. The first-order valence-corrected chi connectivity index (χ1v) is 4.98. The standard InChI is InChI=1S/C5H14BO4P/c1-4(6)10-11(8,9)5(2,3)7/h4,7H,6H2,1-3H3,(H,8,9). The quantitative estimate of drug-likeness (QED) is 0.469. The summed E-state index contributed by atoms with van der Waals surface area (Å²) in [6.45, 7) is 4.13. The Kier molecular flexibility index (Phi) is 3.33. The maximum atomic E-state index is 11.1. The molecule has 0 aliphatic carbocycles. The molecule has 0 saturated carbocycles. The van der Waals surface area contributed by atoms with Gasteiger partial charge in [-0.15, -0.1) is 0 Å². The molecule has 2 atom stereocenters. The van der Waals surface area contributed by atoms with Crippen LogP contribution in [0.4, 0.5) is 0 Å². The monoisotopic (exact) mass is 180 g/mol. The van der Waals surface area contributed by atoms with E-state index in [2.05, 4.69) is 4.52 Å². The molecule has 2 unspecified atom stereocenters. The smallest absolute Gasteiger partial charge is 0.358 e. The van der Waals surface area contributed by atoms with Crippen molar-refractivity contribution in [2.45, 2.75) is 32.1 Å². The van der Waals surface area contributed by atoms with Crippen molar-refractivity contribution in [2.24, 2.45) is 0 Å². The number of aliphatic hydroxyl groups is 1. The van der Waals surface area contributed by atoms with Crippen LogP contribution in [-0.2, 0) is 9.09 Å². The lowest BCUT2D eigenvalue weighted by Crippen LogP contribution is -2.23. The fourth-order valence-corrected chi connectivity index (χ4v) is 1.24. The van der Waals surface area contributed by atoms with E-state index in [4.69, 9.17) is 10.00 Å². The summed E-state index contributed by atoms with van der Waals surface area (Å²) in [5.41, 5.74) is 0. The van der Waals surface area contributed by atoms with E-state index in [1.807, 2.05) is 0 Å². The molecular weight excluding hydrogens is 166 g/mol. The normalized spacial score (nSPS) is 20.8. The van der Waals surface area contributed by atoms with Crippen LogP contribution >= 0.6 is 7.60 Å². The minimum atomic E-state index is -3.88. The van der Waals surface area contributed by atoms with E-state index >= 15 is 0 Å². The number of hydrogen-bond acceptors (Lipinski definition) is 3.